The maximum atomic E-state index is 12.7. The van der Waals surface area contributed by atoms with Gasteiger partial charge in [0.15, 0.2) is 11.6 Å². The Kier molecular flexibility index (Phi) is 5.12. The number of pyridine rings is 1. The van der Waals surface area contributed by atoms with Gasteiger partial charge in [0.2, 0.25) is 0 Å². The summed E-state index contributed by atoms with van der Waals surface area (Å²) in [4.78, 5) is 6.36. The number of hydrogen-bond acceptors (Lipinski definition) is 6. The Balaban J connectivity index is 1.36. The van der Waals surface area contributed by atoms with Crippen molar-refractivity contribution in [3.8, 4) is 17.0 Å². The fourth-order valence-corrected chi connectivity index (χ4v) is 5.35. The highest BCUT2D eigenvalue weighted by Crippen LogP contribution is 2.64. The topological polar surface area (TPSA) is 78.4 Å². The molecule has 5 rings (SSSR count). The summed E-state index contributed by atoms with van der Waals surface area (Å²) in [6.45, 7) is 5.77. The van der Waals surface area contributed by atoms with Gasteiger partial charge in [-0.2, -0.15) is 5.10 Å². The fraction of sp³-hybridized carbons (Fsp3) is 0.636. The second-order valence-corrected chi connectivity index (χ2v) is 9.48. The van der Waals surface area contributed by atoms with E-state index in [4.69, 9.17) is 15.6 Å². The molecule has 0 bridgehead atoms. The average Bonchev–Trinajstić information content (AvgIpc) is 3.04. The van der Waals surface area contributed by atoms with E-state index in [2.05, 4.69) is 35.5 Å². The fourth-order valence-electron chi connectivity index (χ4n) is 5.35. The zero-order valence-corrected chi connectivity index (χ0v) is 18.3. The molecule has 4 atom stereocenters. The van der Waals surface area contributed by atoms with Crippen LogP contribution in [0.2, 0.25) is 0 Å². The smallest absolute Gasteiger partial charge is 0.402 e. The lowest BCUT2D eigenvalue weighted by Crippen LogP contribution is -2.51. The predicted octanol–water partition coefficient (Wildman–Crippen LogP) is 3.83. The first kappa shape index (κ1) is 21.5. The summed E-state index contributed by atoms with van der Waals surface area (Å²) in [5.74, 6) is 0.870. The Morgan fingerprint density at radius 2 is 1.88 bits per heavy atom. The van der Waals surface area contributed by atoms with Crippen LogP contribution in [-0.2, 0) is 4.74 Å². The van der Waals surface area contributed by atoms with Crippen LogP contribution in [0.15, 0.2) is 18.3 Å². The summed E-state index contributed by atoms with van der Waals surface area (Å²) < 4.78 is 49.5. The van der Waals surface area contributed by atoms with E-state index < -0.39 is 12.1 Å². The van der Waals surface area contributed by atoms with Crippen molar-refractivity contribution < 1.29 is 22.6 Å². The van der Waals surface area contributed by atoms with Crippen LogP contribution in [0.3, 0.4) is 0 Å². The van der Waals surface area contributed by atoms with Gasteiger partial charge in [0, 0.05) is 35.5 Å². The van der Waals surface area contributed by atoms with Crippen molar-refractivity contribution in [2.45, 2.75) is 57.1 Å². The third kappa shape index (κ3) is 3.83. The quantitative estimate of drug-likeness (QED) is 0.719. The molecule has 174 valence electrons. The van der Waals surface area contributed by atoms with Gasteiger partial charge in [0.1, 0.15) is 0 Å². The van der Waals surface area contributed by atoms with Crippen molar-refractivity contribution in [3.05, 3.63) is 24.0 Å². The number of nitrogens with two attached hydrogens (primary N) is 1. The maximum absolute atomic E-state index is 12.7. The molecule has 2 aromatic heterocycles. The van der Waals surface area contributed by atoms with Crippen molar-refractivity contribution in [2.24, 2.45) is 11.8 Å². The van der Waals surface area contributed by atoms with E-state index in [-0.39, 0.29) is 11.9 Å². The first-order valence-electron chi connectivity index (χ1n) is 11.0. The van der Waals surface area contributed by atoms with Crippen LogP contribution in [-0.4, -0.2) is 58.4 Å². The second-order valence-electron chi connectivity index (χ2n) is 9.48. The van der Waals surface area contributed by atoms with Crippen molar-refractivity contribution in [1.82, 2.24) is 19.7 Å². The molecular formula is C22H28F3N5O2. The summed E-state index contributed by atoms with van der Waals surface area (Å²) in [7, 11) is 2.20. The summed E-state index contributed by atoms with van der Waals surface area (Å²) in [6.07, 6.45) is -1.08. The lowest BCUT2D eigenvalue weighted by molar-refractivity contribution is -0.274. The summed E-state index contributed by atoms with van der Waals surface area (Å²) in [5, 5.41) is 4.71. The molecule has 2 saturated carbocycles. The van der Waals surface area contributed by atoms with E-state index in [1.807, 2.05) is 10.7 Å². The van der Waals surface area contributed by atoms with Crippen LogP contribution in [0, 0.1) is 11.8 Å². The first-order chi connectivity index (χ1) is 15.1. The van der Waals surface area contributed by atoms with Crippen LogP contribution in [0.1, 0.15) is 44.3 Å². The minimum absolute atomic E-state index is 0.137. The third-order valence-corrected chi connectivity index (χ3v) is 7.19. The Labute approximate surface area is 184 Å². The van der Waals surface area contributed by atoms with Crippen molar-refractivity contribution >= 4 is 5.82 Å². The van der Waals surface area contributed by atoms with Crippen LogP contribution < -0.4 is 10.5 Å². The number of halogens is 3. The van der Waals surface area contributed by atoms with E-state index in [1.54, 1.807) is 0 Å². The number of nitrogens with zero attached hydrogens (tertiary/aromatic N) is 4. The van der Waals surface area contributed by atoms with E-state index in [0.29, 0.717) is 41.1 Å². The second kappa shape index (κ2) is 7.62. The Morgan fingerprint density at radius 1 is 1.19 bits per heavy atom. The minimum atomic E-state index is -4.84. The number of nitrogen functional groups attached to an aromatic ring is 1. The molecule has 1 unspecified atom stereocenters. The summed E-state index contributed by atoms with van der Waals surface area (Å²) >= 11 is 0. The number of alkyl halides is 3. The van der Waals surface area contributed by atoms with E-state index in [0.717, 1.165) is 31.7 Å². The highest BCUT2D eigenvalue weighted by atomic mass is 19.4. The number of anilines is 1. The van der Waals surface area contributed by atoms with E-state index in [9.17, 15) is 13.2 Å². The zero-order chi connectivity index (χ0) is 22.8. The van der Waals surface area contributed by atoms with Gasteiger partial charge < -0.3 is 15.2 Å². The van der Waals surface area contributed by atoms with Gasteiger partial charge in [0.25, 0.3) is 0 Å². The van der Waals surface area contributed by atoms with Crippen molar-refractivity contribution in [1.29, 1.82) is 0 Å². The highest BCUT2D eigenvalue weighted by Gasteiger charge is 2.59. The van der Waals surface area contributed by atoms with E-state index in [1.165, 1.54) is 12.3 Å². The monoisotopic (exact) mass is 451 g/mol. The van der Waals surface area contributed by atoms with Gasteiger partial charge in [-0.15, -0.1) is 13.2 Å². The van der Waals surface area contributed by atoms with Crippen molar-refractivity contribution in [2.75, 3.05) is 26.0 Å². The molecule has 2 aliphatic carbocycles. The van der Waals surface area contributed by atoms with Gasteiger partial charge in [-0.3, -0.25) is 9.58 Å². The standard InChI is InChI=1S/C22H28F3N5O2/c1-11(2)30-18(20-15-5-13(6-16(15)20)29(3)14-9-31-10-14)7-17(28-30)12-4-19(21(26)27-8-12)32-22(23,24)25/h4,7-8,11,13-16,20H,5-6,9-10H2,1-3H3,(H2,26,27)/t13?,15-,16+,20+. The molecule has 3 aliphatic rings. The van der Waals surface area contributed by atoms with E-state index >= 15 is 0 Å². The Hall–Kier alpha value is -2.33. The molecule has 0 amide bonds. The Morgan fingerprint density at radius 3 is 2.44 bits per heavy atom. The molecule has 3 heterocycles. The summed E-state index contributed by atoms with van der Waals surface area (Å²) in [6, 6.07) is 4.51. The molecular weight excluding hydrogens is 423 g/mol. The number of fused-ring (bicyclic) bond motifs is 1. The number of likely N-dealkylation sites (N-methyl/N-ethyl adjacent to an activating group) is 1. The predicted molar refractivity (Wildman–Crippen MR) is 112 cm³/mol. The number of aromatic nitrogens is 3. The highest BCUT2D eigenvalue weighted by molar-refractivity contribution is 5.64. The molecule has 1 saturated heterocycles. The van der Waals surface area contributed by atoms with Crippen LogP contribution in [0.4, 0.5) is 19.0 Å². The first-order valence-corrected chi connectivity index (χ1v) is 11.0. The molecule has 2 N–H and O–H groups in total. The van der Waals surface area contributed by atoms with Gasteiger partial charge >= 0.3 is 6.36 Å². The number of rotatable bonds is 6. The molecule has 1 aliphatic heterocycles. The molecule has 0 radical (unpaired) electrons. The molecule has 7 nitrogen and oxygen atoms in total. The molecule has 10 heteroatoms. The lowest BCUT2D eigenvalue weighted by atomic mass is 10.0. The van der Waals surface area contributed by atoms with Crippen LogP contribution >= 0.6 is 0 Å². The van der Waals surface area contributed by atoms with Crippen LogP contribution in [0.5, 0.6) is 5.75 Å². The SMILES string of the molecule is CC(C)n1nc(-c2cnc(N)c(OC(F)(F)F)c2)cc1[C@H]1[C@@H]2CC(N(C)C3COC3)C[C@@H]21. The maximum Gasteiger partial charge on any atom is 0.573 e. The molecule has 2 aromatic rings. The minimum Gasteiger partial charge on any atom is -0.402 e. The van der Waals surface area contributed by atoms with Gasteiger partial charge in [-0.1, -0.05) is 0 Å². The molecule has 32 heavy (non-hydrogen) atoms. The van der Waals surface area contributed by atoms with Gasteiger partial charge in [-0.05, 0) is 57.7 Å². The Bertz CT molecular complexity index is 992. The lowest BCUT2D eigenvalue weighted by Gasteiger charge is -2.39. The normalized spacial score (nSPS) is 27.6. The summed E-state index contributed by atoms with van der Waals surface area (Å²) in [5.41, 5.74) is 7.76. The van der Waals surface area contributed by atoms with Crippen molar-refractivity contribution in [3.63, 3.8) is 0 Å². The molecule has 0 spiro atoms. The van der Waals surface area contributed by atoms with Crippen LogP contribution in [0.25, 0.3) is 11.3 Å². The van der Waals surface area contributed by atoms with Gasteiger partial charge in [-0.25, -0.2) is 4.98 Å². The van der Waals surface area contributed by atoms with Gasteiger partial charge in [0.05, 0.1) is 24.9 Å². The molecule has 0 aromatic carbocycles. The number of hydrogen-bond donors (Lipinski definition) is 1. The largest absolute Gasteiger partial charge is 0.573 e. The third-order valence-electron chi connectivity index (χ3n) is 7.19. The average molecular weight is 451 g/mol. The molecule has 3 fully saturated rings. The zero-order valence-electron chi connectivity index (χ0n) is 18.3. The number of ether oxygens (including phenoxy) is 2.